The molecule has 9 heteroatoms. The van der Waals surface area contributed by atoms with Crippen LogP contribution in [0.2, 0.25) is 0 Å². The molecule has 0 aliphatic rings. The largest absolute Gasteiger partial charge is 0.477 e. The minimum atomic E-state index is -4.06. The lowest BCUT2D eigenvalue weighted by atomic mass is 10.3. The first-order valence-electron chi connectivity index (χ1n) is 5.26. The number of carboxylic acids is 1. The highest BCUT2D eigenvalue weighted by Gasteiger charge is 2.29. The summed E-state index contributed by atoms with van der Waals surface area (Å²) in [7, 11) is -2.68. The molecule has 1 amide bonds. The van der Waals surface area contributed by atoms with E-state index in [1.807, 2.05) is 0 Å². The van der Waals surface area contributed by atoms with E-state index in [0.717, 1.165) is 11.3 Å². The van der Waals surface area contributed by atoms with Gasteiger partial charge in [-0.05, 0) is 24.8 Å². The highest BCUT2D eigenvalue weighted by Crippen LogP contribution is 2.26. The summed E-state index contributed by atoms with van der Waals surface area (Å²) >= 11 is 0.833. The van der Waals surface area contributed by atoms with Crippen molar-refractivity contribution in [2.24, 2.45) is 0 Å². The maximum absolute atomic E-state index is 12.1. The predicted molar refractivity (Wildman–Crippen MR) is 69.9 cm³/mol. The van der Waals surface area contributed by atoms with E-state index in [4.69, 9.17) is 5.11 Å². The number of thiophene rings is 1. The molecule has 3 N–H and O–H groups in total. The Morgan fingerprint density at radius 3 is 2.47 bits per heavy atom. The Kier molecular flexibility index (Phi) is 4.66. The second kappa shape index (κ2) is 5.68. The van der Waals surface area contributed by atoms with Crippen molar-refractivity contribution in [1.82, 2.24) is 10.0 Å². The van der Waals surface area contributed by atoms with Gasteiger partial charge < -0.3 is 10.4 Å². The van der Waals surface area contributed by atoms with Crippen LogP contribution in [0.3, 0.4) is 0 Å². The number of rotatable bonds is 5. The molecule has 7 nitrogen and oxygen atoms in total. The Labute approximate surface area is 114 Å². The molecule has 1 rings (SSSR count). The molecule has 1 unspecified atom stereocenters. The second-order valence-electron chi connectivity index (χ2n) is 3.84. The van der Waals surface area contributed by atoms with Gasteiger partial charge in [0.25, 0.3) is 0 Å². The van der Waals surface area contributed by atoms with Crippen molar-refractivity contribution < 1.29 is 23.1 Å². The number of likely N-dealkylation sites (N-methyl/N-ethyl adjacent to an activating group) is 1. The van der Waals surface area contributed by atoms with E-state index in [1.165, 1.54) is 26.3 Å². The third-order valence-electron chi connectivity index (χ3n) is 2.35. The van der Waals surface area contributed by atoms with Gasteiger partial charge in [-0.1, -0.05) is 0 Å². The average molecular weight is 306 g/mol. The van der Waals surface area contributed by atoms with E-state index in [9.17, 15) is 18.0 Å². The van der Waals surface area contributed by atoms with Crippen LogP contribution in [0.5, 0.6) is 0 Å². The summed E-state index contributed by atoms with van der Waals surface area (Å²) in [4.78, 5) is 21.7. The zero-order chi connectivity index (χ0) is 14.8. The Morgan fingerprint density at radius 2 is 2.00 bits per heavy atom. The minimum Gasteiger partial charge on any atom is -0.477 e. The monoisotopic (exact) mass is 306 g/mol. The predicted octanol–water partition coefficient (Wildman–Crippen LogP) is 0.168. The molecule has 19 heavy (non-hydrogen) atoms. The molecule has 106 valence electrons. The van der Waals surface area contributed by atoms with Crippen LogP contribution in [0.15, 0.2) is 10.3 Å². The van der Waals surface area contributed by atoms with Gasteiger partial charge in [-0.25, -0.2) is 13.2 Å². The van der Waals surface area contributed by atoms with Gasteiger partial charge in [-0.3, -0.25) is 4.79 Å². The molecule has 0 spiro atoms. The van der Waals surface area contributed by atoms with Crippen molar-refractivity contribution in [2.45, 2.75) is 24.8 Å². The van der Waals surface area contributed by atoms with Crippen LogP contribution in [-0.2, 0) is 14.8 Å². The molecular weight excluding hydrogens is 292 g/mol. The van der Waals surface area contributed by atoms with E-state index >= 15 is 0 Å². The number of amides is 1. The lowest BCUT2D eigenvalue weighted by molar-refractivity contribution is -0.121. The molecule has 0 fully saturated rings. The van der Waals surface area contributed by atoms with Crippen LogP contribution in [-0.4, -0.2) is 38.5 Å². The van der Waals surface area contributed by atoms with Crippen LogP contribution in [0.25, 0.3) is 0 Å². The molecule has 0 saturated heterocycles. The van der Waals surface area contributed by atoms with E-state index in [0.29, 0.717) is 5.56 Å². The lowest BCUT2D eigenvalue weighted by Gasteiger charge is -2.13. The lowest BCUT2D eigenvalue weighted by Crippen LogP contribution is -2.43. The van der Waals surface area contributed by atoms with Crippen LogP contribution in [0.1, 0.15) is 22.2 Å². The van der Waals surface area contributed by atoms with Gasteiger partial charge in [0, 0.05) is 7.05 Å². The number of sulfonamides is 1. The SMILES string of the molecule is CNC(=O)C(C)NS(=O)(=O)c1c(C)csc1C(=O)O. The van der Waals surface area contributed by atoms with E-state index in [-0.39, 0.29) is 9.77 Å². The smallest absolute Gasteiger partial charge is 0.347 e. The molecule has 1 aromatic rings. The van der Waals surface area contributed by atoms with Crippen molar-refractivity contribution in [3.63, 3.8) is 0 Å². The second-order valence-corrected chi connectivity index (χ2v) is 6.37. The summed E-state index contributed by atoms with van der Waals surface area (Å²) in [6.07, 6.45) is 0. The van der Waals surface area contributed by atoms with Crippen LogP contribution >= 0.6 is 11.3 Å². The fraction of sp³-hybridized carbons (Fsp3) is 0.400. The number of carboxylic acid groups (broad SMARTS) is 1. The molecule has 0 aliphatic carbocycles. The molecule has 1 atom stereocenters. The van der Waals surface area contributed by atoms with Crippen LogP contribution < -0.4 is 10.0 Å². The molecule has 1 aromatic heterocycles. The van der Waals surface area contributed by atoms with E-state index < -0.39 is 27.9 Å². The van der Waals surface area contributed by atoms with Crippen LogP contribution in [0.4, 0.5) is 0 Å². The number of aromatic carboxylic acids is 1. The van der Waals surface area contributed by atoms with Gasteiger partial charge in [-0.2, -0.15) is 4.72 Å². The highest BCUT2D eigenvalue weighted by molar-refractivity contribution is 7.89. The highest BCUT2D eigenvalue weighted by atomic mass is 32.2. The van der Waals surface area contributed by atoms with E-state index in [2.05, 4.69) is 10.0 Å². The van der Waals surface area contributed by atoms with Crippen molar-refractivity contribution in [1.29, 1.82) is 0 Å². The Bertz CT molecular complexity index is 605. The molecule has 0 radical (unpaired) electrons. The maximum Gasteiger partial charge on any atom is 0.347 e. The summed E-state index contributed by atoms with van der Waals surface area (Å²) in [6, 6.07) is -0.990. The van der Waals surface area contributed by atoms with Crippen molar-refractivity contribution >= 4 is 33.2 Å². The fourth-order valence-electron chi connectivity index (χ4n) is 1.48. The Hall–Kier alpha value is -1.45. The topological polar surface area (TPSA) is 113 Å². The molecule has 0 bridgehead atoms. The van der Waals surface area contributed by atoms with Crippen molar-refractivity contribution in [3.05, 3.63) is 15.8 Å². The summed E-state index contributed by atoms with van der Waals surface area (Å²) in [6.45, 7) is 2.88. The van der Waals surface area contributed by atoms with E-state index in [1.54, 1.807) is 0 Å². The van der Waals surface area contributed by atoms with Crippen molar-refractivity contribution in [2.75, 3.05) is 7.05 Å². The summed E-state index contributed by atoms with van der Waals surface area (Å²) in [5, 5.41) is 12.7. The third-order valence-corrected chi connectivity index (χ3v) is 5.29. The van der Waals surface area contributed by atoms with Gasteiger partial charge in [0.1, 0.15) is 9.77 Å². The first-order chi connectivity index (χ1) is 8.70. The maximum atomic E-state index is 12.1. The average Bonchev–Trinajstić information content (AvgIpc) is 2.70. The summed E-state index contributed by atoms with van der Waals surface area (Å²) in [5.74, 6) is -1.82. The van der Waals surface area contributed by atoms with Crippen LogP contribution in [0, 0.1) is 6.92 Å². The fourth-order valence-corrected chi connectivity index (χ4v) is 4.31. The summed E-state index contributed by atoms with van der Waals surface area (Å²) in [5.41, 5.74) is 0.332. The standard InChI is InChI=1S/C10H14N2O5S2/c1-5-4-18-7(10(14)15)8(5)19(16,17)12-6(2)9(13)11-3/h4,6,12H,1-3H3,(H,11,13)(H,14,15). The number of carbonyl (C=O) groups is 2. The Morgan fingerprint density at radius 1 is 1.42 bits per heavy atom. The zero-order valence-corrected chi connectivity index (χ0v) is 12.2. The molecular formula is C10H14N2O5S2. The van der Waals surface area contributed by atoms with Gasteiger partial charge in [-0.15, -0.1) is 11.3 Å². The van der Waals surface area contributed by atoms with Gasteiger partial charge in [0.05, 0.1) is 6.04 Å². The number of hydrogen-bond acceptors (Lipinski definition) is 5. The zero-order valence-electron chi connectivity index (χ0n) is 10.6. The number of carbonyl (C=O) groups excluding carboxylic acids is 1. The molecule has 0 aliphatic heterocycles. The van der Waals surface area contributed by atoms with Gasteiger partial charge in [0.15, 0.2) is 0 Å². The van der Waals surface area contributed by atoms with Gasteiger partial charge in [0.2, 0.25) is 15.9 Å². The number of hydrogen-bond donors (Lipinski definition) is 3. The number of nitrogens with one attached hydrogen (secondary N) is 2. The molecule has 0 saturated carbocycles. The minimum absolute atomic E-state index is 0.269. The molecule has 0 aromatic carbocycles. The van der Waals surface area contributed by atoms with Gasteiger partial charge >= 0.3 is 5.97 Å². The normalized spacial score (nSPS) is 13.0. The first-order valence-corrected chi connectivity index (χ1v) is 7.62. The third kappa shape index (κ3) is 3.31. The quantitative estimate of drug-likeness (QED) is 0.717. The number of aryl methyl sites for hydroxylation is 1. The first kappa shape index (κ1) is 15.6. The molecule has 1 heterocycles. The Balaban J connectivity index is 3.18. The summed E-state index contributed by atoms with van der Waals surface area (Å²) < 4.78 is 26.4. The van der Waals surface area contributed by atoms with Crippen molar-refractivity contribution in [3.8, 4) is 0 Å².